The van der Waals surface area contributed by atoms with E-state index in [4.69, 9.17) is 0 Å². The first-order valence-corrected chi connectivity index (χ1v) is 5.22. The van der Waals surface area contributed by atoms with Gasteiger partial charge in [-0.1, -0.05) is 12.1 Å². The summed E-state index contributed by atoms with van der Waals surface area (Å²) >= 11 is 0. The molecule has 1 aliphatic rings. The molecule has 0 amide bonds. The van der Waals surface area contributed by atoms with Crippen molar-refractivity contribution >= 4 is 17.2 Å². The molecule has 0 spiro atoms. The quantitative estimate of drug-likeness (QED) is 0.668. The van der Waals surface area contributed by atoms with E-state index in [0.717, 1.165) is 18.1 Å². The molecule has 0 fully saturated rings. The number of hydrogen-bond donors (Lipinski definition) is 0. The van der Waals surface area contributed by atoms with Crippen molar-refractivity contribution in [2.45, 2.75) is 0 Å². The van der Waals surface area contributed by atoms with E-state index in [1.165, 1.54) is 5.69 Å². The number of aliphatic imine (C=N–C) groups is 1. The molecule has 0 aliphatic carbocycles. The van der Waals surface area contributed by atoms with Crippen LogP contribution in [-0.2, 0) is 0 Å². The monoisotopic (exact) mass is 212 g/mol. The molecule has 1 aliphatic heterocycles. The fraction of sp³-hybridized carbons (Fsp3) is 0.167. The molecule has 0 N–H and O–H groups in total. The Labute approximate surface area is 93.8 Å². The molecule has 0 unspecified atom stereocenters. The third-order valence-corrected chi connectivity index (χ3v) is 2.69. The third-order valence-electron chi connectivity index (χ3n) is 2.69. The number of para-hydroxylation sites is 2. The summed E-state index contributed by atoms with van der Waals surface area (Å²) in [5.41, 5.74) is 2.17. The normalized spacial score (nSPS) is 14.6. The van der Waals surface area contributed by atoms with Crippen LogP contribution in [0, 0.1) is 0 Å². The zero-order valence-corrected chi connectivity index (χ0v) is 9.04. The number of benzene rings is 1. The molecule has 0 atom stereocenters. The maximum absolute atomic E-state index is 4.61. The van der Waals surface area contributed by atoms with Gasteiger partial charge in [0.05, 0.1) is 17.9 Å². The predicted octanol–water partition coefficient (Wildman–Crippen LogP) is 1.91. The SMILES string of the molecule is CN1CC(n2cccn2)=Nc2ccccc21. The van der Waals surface area contributed by atoms with E-state index in [1.54, 1.807) is 6.20 Å². The second-order valence-electron chi connectivity index (χ2n) is 3.82. The Morgan fingerprint density at radius 2 is 2.06 bits per heavy atom. The number of rotatable bonds is 0. The van der Waals surface area contributed by atoms with Gasteiger partial charge in [-0.05, 0) is 18.2 Å². The Bertz CT molecular complexity index is 528. The van der Waals surface area contributed by atoms with Gasteiger partial charge in [-0.3, -0.25) is 0 Å². The van der Waals surface area contributed by atoms with E-state index in [-0.39, 0.29) is 0 Å². The molecule has 2 heterocycles. The van der Waals surface area contributed by atoms with Gasteiger partial charge in [0.2, 0.25) is 0 Å². The highest BCUT2D eigenvalue weighted by Crippen LogP contribution is 2.30. The third kappa shape index (κ3) is 1.39. The minimum atomic E-state index is 0.776. The Morgan fingerprint density at radius 3 is 2.88 bits per heavy atom. The highest BCUT2D eigenvalue weighted by Gasteiger charge is 2.16. The number of hydrogen-bond acceptors (Lipinski definition) is 3. The van der Waals surface area contributed by atoms with Gasteiger partial charge < -0.3 is 4.90 Å². The molecular formula is C12H12N4. The van der Waals surface area contributed by atoms with Crippen LogP contribution in [0.2, 0.25) is 0 Å². The van der Waals surface area contributed by atoms with Crippen LogP contribution < -0.4 is 4.90 Å². The largest absolute Gasteiger partial charge is 0.365 e. The minimum Gasteiger partial charge on any atom is -0.365 e. The lowest BCUT2D eigenvalue weighted by molar-refractivity contribution is 0.882. The first-order valence-electron chi connectivity index (χ1n) is 5.22. The van der Waals surface area contributed by atoms with Crippen LogP contribution in [0.1, 0.15) is 0 Å². The van der Waals surface area contributed by atoms with E-state index in [2.05, 4.69) is 28.1 Å². The van der Waals surface area contributed by atoms with Crippen LogP contribution in [0.25, 0.3) is 0 Å². The van der Waals surface area contributed by atoms with Gasteiger partial charge in [0.15, 0.2) is 0 Å². The molecule has 0 bridgehead atoms. The Hall–Kier alpha value is -2.10. The number of anilines is 1. The number of fused-ring (bicyclic) bond motifs is 1. The van der Waals surface area contributed by atoms with Crippen LogP contribution in [0.15, 0.2) is 47.7 Å². The summed E-state index contributed by atoms with van der Waals surface area (Å²) < 4.78 is 1.81. The van der Waals surface area contributed by atoms with E-state index < -0.39 is 0 Å². The van der Waals surface area contributed by atoms with Crippen molar-refractivity contribution in [1.29, 1.82) is 0 Å². The molecule has 0 saturated carbocycles. The lowest BCUT2D eigenvalue weighted by Gasteiger charge is -2.26. The number of aromatic nitrogens is 2. The molecule has 1 aromatic heterocycles. The minimum absolute atomic E-state index is 0.776. The Balaban J connectivity index is 2.10. The van der Waals surface area contributed by atoms with E-state index in [0.29, 0.717) is 0 Å². The maximum atomic E-state index is 4.61. The van der Waals surface area contributed by atoms with Gasteiger partial charge in [0.1, 0.15) is 5.84 Å². The Kier molecular flexibility index (Phi) is 1.99. The topological polar surface area (TPSA) is 33.4 Å². The van der Waals surface area contributed by atoms with E-state index >= 15 is 0 Å². The van der Waals surface area contributed by atoms with Crippen molar-refractivity contribution in [1.82, 2.24) is 9.78 Å². The summed E-state index contributed by atoms with van der Waals surface area (Å²) in [7, 11) is 2.07. The van der Waals surface area contributed by atoms with Crippen molar-refractivity contribution in [3.8, 4) is 0 Å². The van der Waals surface area contributed by atoms with Crippen LogP contribution in [0.4, 0.5) is 11.4 Å². The maximum Gasteiger partial charge on any atom is 0.149 e. The first-order chi connectivity index (χ1) is 7.84. The number of likely N-dealkylation sites (N-methyl/N-ethyl adjacent to an activating group) is 1. The zero-order chi connectivity index (χ0) is 11.0. The van der Waals surface area contributed by atoms with Gasteiger partial charge in [0.25, 0.3) is 0 Å². The summed E-state index contributed by atoms with van der Waals surface area (Å²) in [6.45, 7) is 0.776. The van der Waals surface area contributed by atoms with E-state index in [9.17, 15) is 0 Å². The summed E-state index contributed by atoms with van der Waals surface area (Å²) in [5.74, 6) is 0.950. The van der Waals surface area contributed by atoms with Crippen LogP contribution in [0.3, 0.4) is 0 Å². The fourth-order valence-corrected chi connectivity index (χ4v) is 1.90. The fourth-order valence-electron chi connectivity index (χ4n) is 1.90. The molecule has 4 nitrogen and oxygen atoms in total. The van der Waals surface area contributed by atoms with Crippen molar-refractivity contribution in [3.05, 3.63) is 42.7 Å². The zero-order valence-electron chi connectivity index (χ0n) is 9.04. The average Bonchev–Trinajstić information content (AvgIpc) is 2.82. The van der Waals surface area contributed by atoms with Gasteiger partial charge in [0, 0.05) is 19.4 Å². The van der Waals surface area contributed by atoms with Crippen LogP contribution >= 0.6 is 0 Å². The lowest BCUT2D eigenvalue weighted by Crippen LogP contribution is -2.32. The van der Waals surface area contributed by atoms with Crippen molar-refractivity contribution < 1.29 is 0 Å². The van der Waals surface area contributed by atoms with Gasteiger partial charge in [-0.15, -0.1) is 0 Å². The Morgan fingerprint density at radius 1 is 1.19 bits per heavy atom. The molecular weight excluding hydrogens is 200 g/mol. The van der Waals surface area contributed by atoms with Crippen molar-refractivity contribution in [2.75, 3.05) is 18.5 Å². The molecule has 3 rings (SSSR count). The van der Waals surface area contributed by atoms with Gasteiger partial charge in [-0.25, -0.2) is 9.67 Å². The molecule has 0 saturated heterocycles. The summed E-state index contributed by atoms with van der Waals surface area (Å²) in [5, 5.41) is 4.21. The highest BCUT2D eigenvalue weighted by molar-refractivity contribution is 5.95. The van der Waals surface area contributed by atoms with Crippen molar-refractivity contribution in [2.24, 2.45) is 4.99 Å². The first kappa shape index (κ1) is 9.15. The van der Waals surface area contributed by atoms with Gasteiger partial charge in [-0.2, -0.15) is 5.10 Å². The second-order valence-corrected chi connectivity index (χ2v) is 3.82. The lowest BCUT2D eigenvalue weighted by atomic mass is 10.2. The summed E-state index contributed by atoms with van der Waals surface area (Å²) in [6, 6.07) is 10.0. The smallest absolute Gasteiger partial charge is 0.149 e. The standard InChI is InChI=1S/C12H12N4/c1-15-9-12(16-8-4-7-13-16)14-10-5-2-3-6-11(10)15/h2-8H,9H2,1H3. The average molecular weight is 212 g/mol. The van der Waals surface area contributed by atoms with Crippen molar-refractivity contribution in [3.63, 3.8) is 0 Å². The highest BCUT2D eigenvalue weighted by atomic mass is 15.3. The summed E-state index contributed by atoms with van der Waals surface area (Å²) in [6.07, 6.45) is 3.68. The summed E-state index contributed by atoms with van der Waals surface area (Å²) in [4.78, 5) is 6.79. The number of nitrogens with zero attached hydrogens (tertiary/aromatic N) is 4. The molecule has 16 heavy (non-hydrogen) atoms. The van der Waals surface area contributed by atoms with E-state index in [1.807, 2.05) is 35.1 Å². The van der Waals surface area contributed by atoms with Gasteiger partial charge >= 0.3 is 0 Å². The molecule has 4 heteroatoms. The van der Waals surface area contributed by atoms with Crippen LogP contribution in [-0.4, -0.2) is 29.2 Å². The second kappa shape index (κ2) is 3.48. The van der Waals surface area contributed by atoms with Crippen LogP contribution in [0.5, 0.6) is 0 Å². The molecule has 1 aromatic carbocycles. The molecule has 0 radical (unpaired) electrons. The predicted molar refractivity (Wildman–Crippen MR) is 64.4 cm³/mol. The molecule has 2 aromatic rings. The molecule has 80 valence electrons.